The van der Waals surface area contributed by atoms with Gasteiger partial charge in [-0.3, -0.25) is 4.98 Å². The molecule has 0 aliphatic carbocycles. The summed E-state index contributed by atoms with van der Waals surface area (Å²) < 4.78 is 5.01. The van der Waals surface area contributed by atoms with E-state index in [1.165, 1.54) is 0 Å². The highest BCUT2D eigenvalue weighted by Crippen LogP contribution is 2.22. The highest BCUT2D eigenvalue weighted by Gasteiger charge is 2.03. The molecule has 0 bridgehead atoms. The maximum atomic E-state index is 5.01. The molecule has 0 saturated heterocycles. The summed E-state index contributed by atoms with van der Waals surface area (Å²) >= 11 is 1.62. The molecule has 0 aromatic carbocycles. The van der Waals surface area contributed by atoms with Gasteiger partial charge in [-0.15, -0.1) is 11.3 Å². The van der Waals surface area contributed by atoms with Crippen molar-refractivity contribution in [2.75, 3.05) is 7.11 Å². The van der Waals surface area contributed by atoms with Crippen molar-refractivity contribution in [1.29, 1.82) is 0 Å². The van der Waals surface area contributed by atoms with Crippen molar-refractivity contribution in [2.24, 2.45) is 0 Å². The molecule has 2 aromatic rings. The molecule has 0 atom stereocenters. The number of methoxy groups -OCH3 is 1. The molecule has 0 amide bonds. The molecule has 2 heterocycles. The Hall–Kier alpha value is -1.26. The van der Waals surface area contributed by atoms with Crippen molar-refractivity contribution >= 4 is 11.3 Å². The van der Waals surface area contributed by atoms with Gasteiger partial charge in [-0.1, -0.05) is 0 Å². The maximum absolute atomic E-state index is 5.01. The Morgan fingerprint density at radius 3 is 2.86 bits per heavy atom. The largest absolute Gasteiger partial charge is 0.378 e. The summed E-state index contributed by atoms with van der Waals surface area (Å²) in [5, 5.41) is 3.03. The van der Waals surface area contributed by atoms with Gasteiger partial charge < -0.3 is 4.74 Å². The van der Waals surface area contributed by atoms with Crippen LogP contribution in [0.25, 0.3) is 10.6 Å². The van der Waals surface area contributed by atoms with E-state index < -0.39 is 0 Å². The number of hydrogen-bond acceptors (Lipinski definition) is 4. The number of aromatic nitrogens is 2. The van der Waals surface area contributed by atoms with Crippen LogP contribution in [0, 0.1) is 0 Å². The molecule has 0 saturated carbocycles. The van der Waals surface area contributed by atoms with Crippen LogP contribution in [-0.2, 0) is 11.3 Å². The molecule has 0 N–H and O–H groups in total. The Kier molecular flexibility index (Phi) is 2.86. The fourth-order valence-electron chi connectivity index (χ4n) is 1.15. The average Bonchev–Trinajstić information content (AvgIpc) is 2.68. The van der Waals surface area contributed by atoms with E-state index in [0.29, 0.717) is 6.61 Å². The summed E-state index contributed by atoms with van der Waals surface area (Å²) in [6, 6.07) is 3.91. The van der Waals surface area contributed by atoms with E-state index >= 15 is 0 Å². The number of ether oxygens (including phenoxy) is 1. The molecule has 0 fully saturated rings. The summed E-state index contributed by atoms with van der Waals surface area (Å²) in [7, 11) is 1.67. The van der Waals surface area contributed by atoms with Crippen LogP contribution in [0.4, 0.5) is 0 Å². The molecule has 4 heteroatoms. The molecule has 0 unspecified atom stereocenters. The van der Waals surface area contributed by atoms with Gasteiger partial charge in [0, 0.05) is 30.4 Å². The normalized spacial score (nSPS) is 10.4. The number of rotatable bonds is 3. The standard InChI is InChI=1S/C10H10N2OS/c1-13-6-9-7-14-10(12-9)8-2-4-11-5-3-8/h2-5,7H,6H2,1H3. The van der Waals surface area contributed by atoms with Crippen molar-refractivity contribution < 1.29 is 4.74 Å². The van der Waals surface area contributed by atoms with Crippen LogP contribution in [0.15, 0.2) is 29.9 Å². The second kappa shape index (κ2) is 4.30. The third-order valence-corrected chi connectivity index (χ3v) is 2.71. The molecule has 0 radical (unpaired) electrons. The summed E-state index contributed by atoms with van der Waals surface area (Å²) in [6.07, 6.45) is 3.54. The van der Waals surface area contributed by atoms with Gasteiger partial charge in [0.25, 0.3) is 0 Å². The van der Waals surface area contributed by atoms with E-state index in [-0.39, 0.29) is 0 Å². The Morgan fingerprint density at radius 1 is 1.36 bits per heavy atom. The Morgan fingerprint density at radius 2 is 2.14 bits per heavy atom. The van der Waals surface area contributed by atoms with E-state index in [1.807, 2.05) is 17.5 Å². The first kappa shape index (κ1) is 9.30. The lowest BCUT2D eigenvalue weighted by molar-refractivity contribution is 0.182. The van der Waals surface area contributed by atoms with E-state index in [2.05, 4.69) is 9.97 Å². The van der Waals surface area contributed by atoms with Gasteiger partial charge in [0.15, 0.2) is 0 Å². The second-order valence-electron chi connectivity index (χ2n) is 2.81. The molecular formula is C10H10N2OS. The van der Waals surface area contributed by atoms with Crippen molar-refractivity contribution in [3.8, 4) is 10.6 Å². The van der Waals surface area contributed by atoms with Crippen LogP contribution < -0.4 is 0 Å². The predicted molar refractivity (Wildman–Crippen MR) is 56.1 cm³/mol. The smallest absolute Gasteiger partial charge is 0.123 e. The van der Waals surface area contributed by atoms with Gasteiger partial charge in [-0.25, -0.2) is 4.98 Å². The minimum atomic E-state index is 0.571. The molecule has 0 aliphatic rings. The number of pyridine rings is 1. The van der Waals surface area contributed by atoms with Gasteiger partial charge in [0.05, 0.1) is 12.3 Å². The highest BCUT2D eigenvalue weighted by atomic mass is 32.1. The fraction of sp³-hybridized carbons (Fsp3) is 0.200. The van der Waals surface area contributed by atoms with Gasteiger partial charge in [0.2, 0.25) is 0 Å². The number of nitrogens with zero attached hydrogens (tertiary/aromatic N) is 2. The lowest BCUT2D eigenvalue weighted by atomic mass is 10.3. The minimum absolute atomic E-state index is 0.571. The number of thiazole rings is 1. The topological polar surface area (TPSA) is 35.0 Å². The summed E-state index contributed by atoms with van der Waals surface area (Å²) in [6.45, 7) is 0.571. The average molecular weight is 206 g/mol. The van der Waals surface area contributed by atoms with Crippen molar-refractivity contribution in [3.63, 3.8) is 0 Å². The fourth-order valence-corrected chi connectivity index (χ4v) is 1.96. The zero-order chi connectivity index (χ0) is 9.80. The number of hydrogen-bond donors (Lipinski definition) is 0. The third kappa shape index (κ3) is 1.97. The lowest BCUT2D eigenvalue weighted by Gasteiger charge is -1.93. The third-order valence-electron chi connectivity index (χ3n) is 1.77. The molecule has 2 rings (SSSR count). The second-order valence-corrected chi connectivity index (χ2v) is 3.67. The minimum Gasteiger partial charge on any atom is -0.378 e. The zero-order valence-electron chi connectivity index (χ0n) is 7.80. The van der Waals surface area contributed by atoms with Gasteiger partial charge in [-0.2, -0.15) is 0 Å². The van der Waals surface area contributed by atoms with Gasteiger partial charge in [0.1, 0.15) is 5.01 Å². The SMILES string of the molecule is COCc1csc(-c2ccncc2)n1. The quantitative estimate of drug-likeness (QED) is 0.773. The van der Waals surface area contributed by atoms with Crippen LogP contribution in [-0.4, -0.2) is 17.1 Å². The molecule has 3 nitrogen and oxygen atoms in total. The van der Waals surface area contributed by atoms with Crippen LogP contribution in [0.3, 0.4) is 0 Å². The first-order valence-electron chi connectivity index (χ1n) is 4.24. The summed E-state index contributed by atoms with van der Waals surface area (Å²) in [4.78, 5) is 8.40. The molecule has 0 spiro atoms. The molecule has 0 aliphatic heterocycles. The van der Waals surface area contributed by atoms with Crippen molar-refractivity contribution in [1.82, 2.24) is 9.97 Å². The predicted octanol–water partition coefficient (Wildman–Crippen LogP) is 2.35. The first-order chi connectivity index (χ1) is 6.90. The summed E-state index contributed by atoms with van der Waals surface area (Å²) in [5.74, 6) is 0. The van der Waals surface area contributed by atoms with Crippen LogP contribution in [0.2, 0.25) is 0 Å². The van der Waals surface area contributed by atoms with Crippen molar-refractivity contribution in [3.05, 3.63) is 35.6 Å². The Labute approximate surface area is 86.4 Å². The van der Waals surface area contributed by atoms with Crippen LogP contribution in [0.1, 0.15) is 5.69 Å². The van der Waals surface area contributed by atoms with E-state index in [9.17, 15) is 0 Å². The van der Waals surface area contributed by atoms with Crippen LogP contribution in [0.5, 0.6) is 0 Å². The molecule has 72 valence electrons. The van der Waals surface area contributed by atoms with Gasteiger partial charge >= 0.3 is 0 Å². The first-order valence-corrected chi connectivity index (χ1v) is 5.12. The Balaban J connectivity index is 2.25. The monoisotopic (exact) mass is 206 g/mol. The zero-order valence-corrected chi connectivity index (χ0v) is 8.62. The van der Waals surface area contributed by atoms with E-state index in [0.717, 1.165) is 16.3 Å². The van der Waals surface area contributed by atoms with Crippen LogP contribution >= 0.6 is 11.3 Å². The summed E-state index contributed by atoms with van der Waals surface area (Å²) in [5.41, 5.74) is 2.08. The molecule has 14 heavy (non-hydrogen) atoms. The van der Waals surface area contributed by atoms with E-state index in [4.69, 9.17) is 4.74 Å². The van der Waals surface area contributed by atoms with E-state index in [1.54, 1.807) is 30.8 Å². The lowest BCUT2D eigenvalue weighted by Crippen LogP contribution is -1.86. The molecule has 2 aromatic heterocycles. The Bertz CT molecular complexity index is 400. The van der Waals surface area contributed by atoms with Crippen molar-refractivity contribution in [2.45, 2.75) is 6.61 Å². The van der Waals surface area contributed by atoms with Gasteiger partial charge in [-0.05, 0) is 12.1 Å². The maximum Gasteiger partial charge on any atom is 0.123 e. The highest BCUT2D eigenvalue weighted by molar-refractivity contribution is 7.13. The molecular weight excluding hydrogens is 196 g/mol.